The van der Waals surface area contributed by atoms with E-state index in [1.807, 2.05) is 13.8 Å². The van der Waals surface area contributed by atoms with Crippen LogP contribution in [0.3, 0.4) is 0 Å². The molecular formula is C21H22N2O5S. The Hall–Kier alpha value is -3.13. The number of hydrogen-bond acceptors (Lipinski definition) is 7. The zero-order chi connectivity index (χ0) is 20.8. The van der Waals surface area contributed by atoms with E-state index in [0.717, 1.165) is 4.70 Å². The van der Waals surface area contributed by atoms with Crippen LogP contribution in [0.2, 0.25) is 0 Å². The number of fused-ring (bicyclic) bond motifs is 1. The molecule has 2 aromatic carbocycles. The Morgan fingerprint density at radius 3 is 2.24 bits per heavy atom. The SMILES string of the molecule is CCOC(=O)c1ccc2nc(NC(=O)c3cc(OCC)cc(OCC)c3)sc2c1. The van der Waals surface area contributed by atoms with Crippen molar-refractivity contribution in [3.63, 3.8) is 0 Å². The molecule has 152 valence electrons. The lowest BCUT2D eigenvalue weighted by Gasteiger charge is -2.10. The lowest BCUT2D eigenvalue weighted by Crippen LogP contribution is -2.12. The van der Waals surface area contributed by atoms with Crippen molar-refractivity contribution < 1.29 is 23.8 Å². The van der Waals surface area contributed by atoms with Gasteiger partial charge >= 0.3 is 5.97 Å². The highest BCUT2D eigenvalue weighted by Crippen LogP contribution is 2.29. The van der Waals surface area contributed by atoms with Crippen molar-refractivity contribution in [1.82, 2.24) is 4.98 Å². The fourth-order valence-electron chi connectivity index (χ4n) is 2.69. The minimum Gasteiger partial charge on any atom is -0.494 e. The Kier molecular flexibility index (Phi) is 6.66. The Balaban J connectivity index is 1.82. The molecule has 1 heterocycles. The first kappa shape index (κ1) is 20.6. The van der Waals surface area contributed by atoms with Gasteiger partial charge in [-0.3, -0.25) is 10.1 Å². The fourth-order valence-corrected chi connectivity index (χ4v) is 3.59. The van der Waals surface area contributed by atoms with Crippen molar-refractivity contribution in [1.29, 1.82) is 0 Å². The van der Waals surface area contributed by atoms with Gasteiger partial charge in [0.25, 0.3) is 5.91 Å². The summed E-state index contributed by atoms with van der Waals surface area (Å²) in [5.41, 5.74) is 1.55. The van der Waals surface area contributed by atoms with Crippen LogP contribution in [0.5, 0.6) is 11.5 Å². The highest BCUT2D eigenvalue weighted by molar-refractivity contribution is 7.22. The molecule has 0 aliphatic rings. The molecule has 0 radical (unpaired) electrons. The van der Waals surface area contributed by atoms with Crippen LogP contribution in [0, 0.1) is 0 Å². The molecule has 1 aromatic heterocycles. The van der Waals surface area contributed by atoms with E-state index in [0.29, 0.717) is 53.1 Å². The van der Waals surface area contributed by atoms with E-state index in [4.69, 9.17) is 14.2 Å². The number of rotatable bonds is 8. The van der Waals surface area contributed by atoms with Gasteiger partial charge in [0.15, 0.2) is 5.13 Å². The van der Waals surface area contributed by atoms with Crippen LogP contribution in [-0.4, -0.2) is 36.7 Å². The summed E-state index contributed by atoms with van der Waals surface area (Å²) >= 11 is 1.29. The number of aromatic nitrogens is 1. The Morgan fingerprint density at radius 1 is 0.931 bits per heavy atom. The van der Waals surface area contributed by atoms with Crippen molar-refractivity contribution in [3.05, 3.63) is 47.5 Å². The van der Waals surface area contributed by atoms with E-state index in [9.17, 15) is 9.59 Å². The van der Waals surface area contributed by atoms with Gasteiger partial charge in [-0.05, 0) is 51.1 Å². The number of thiazole rings is 1. The number of benzene rings is 2. The predicted octanol–water partition coefficient (Wildman–Crippen LogP) is 4.52. The number of amides is 1. The summed E-state index contributed by atoms with van der Waals surface area (Å²) < 4.78 is 16.8. The highest BCUT2D eigenvalue weighted by Gasteiger charge is 2.14. The van der Waals surface area contributed by atoms with Gasteiger partial charge in [0, 0.05) is 11.6 Å². The zero-order valence-corrected chi connectivity index (χ0v) is 17.3. The van der Waals surface area contributed by atoms with Gasteiger partial charge < -0.3 is 14.2 Å². The maximum atomic E-state index is 12.7. The summed E-state index contributed by atoms with van der Waals surface area (Å²) in [6.07, 6.45) is 0. The molecule has 29 heavy (non-hydrogen) atoms. The monoisotopic (exact) mass is 414 g/mol. The van der Waals surface area contributed by atoms with Crippen LogP contribution in [0.15, 0.2) is 36.4 Å². The summed E-state index contributed by atoms with van der Waals surface area (Å²) in [5.74, 6) is 0.417. The van der Waals surface area contributed by atoms with Crippen molar-refractivity contribution >= 4 is 38.6 Å². The Bertz CT molecular complexity index is 1010. The molecule has 0 saturated carbocycles. The van der Waals surface area contributed by atoms with E-state index >= 15 is 0 Å². The van der Waals surface area contributed by atoms with Gasteiger partial charge in [-0.1, -0.05) is 11.3 Å². The molecule has 3 rings (SSSR count). The van der Waals surface area contributed by atoms with Gasteiger partial charge in [0.2, 0.25) is 0 Å². The first-order chi connectivity index (χ1) is 14.0. The minimum atomic E-state index is -0.385. The number of anilines is 1. The quantitative estimate of drug-likeness (QED) is 0.545. The third-order valence-electron chi connectivity index (χ3n) is 3.88. The second-order valence-electron chi connectivity index (χ2n) is 5.94. The lowest BCUT2D eigenvalue weighted by atomic mass is 10.2. The maximum absolute atomic E-state index is 12.7. The topological polar surface area (TPSA) is 86.8 Å². The van der Waals surface area contributed by atoms with Gasteiger partial charge in [-0.25, -0.2) is 9.78 Å². The van der Waals surface area contributed by atoms with Crippen LogP contribution in [0.4, 0.5) is 5.13 Å². The molecule has 0 atom stereocenters. The van der Waals surface area contributed by atoms with Gasteiger partial charge in [-0.2, -0.15) is 0 Å². The first-order valence-electron chi connectivity index (χ1n) is 9.33. The number of esters is 1. The van der Waals surface area contributed by atoms with Gasteiger partial charge in [0.05, 0.1) is 35.6 Å². The molecule has 0 bridgehead atoms. The highest BCUT2D eigenvalue weighted by atomic mass is 32.1. The van der Waals surface area contributed by atoms with Crippen molar-refractivity contribution in [2.24, 2.45) is 0 Å². The van der Waals surface area contributed by atoms with Crippen LogP contribution >= 0.6 is 11.3 Å². The molecule has 1 N–H and O–H groups in total. The van der Waals surface area contributed by atoms with Crippen LogP contribution in [0.1, 0.15) is 41.5 Å². The molecule has 0 aliphatic carbocycles. The number of nitrogens with zero attached hydrogens (tertiary/aromatic N) is 1. The standard InChI is InChI=1S/C21H22N2O5S/c1-4-26-15-9-14(10-16(12-15)27-5-2)19(24)23-21-22-17-8-7-13(11-18(17)29-21)20(25)28-6-3/h7-12H,4-6H2,1-3H3,(H,22,23,24). The molecule has 0 saturated heterocycles. The molecule has 0 fully saturated rings. The predicted molar refractivity (Wildman–Crippen MR) is 112 cm³/mol. The molecule has 0 unspecified atom stereocenters. The molecule has 8 heteroatoms. The maximum Gasteiger partial charge on any atom is 0.338 e. The average molecular weight is 414 g/mol. The van der Waals surface area contributed by atoms with Crippen molar-refractivity contribution in [2.45, 2.75) is 20.8 Å². The Labute approximate surface area is 172 Å². The van der Waals surface area contributed by atoms with E-state index in [-0.39, 0.29) is 11.9 Å². The molecule has 1 amide bonds. The minimum absolute atomic E-state index is 0.311. The lowest BCUT2D eigenvalue weighted by molar-refractivity contribution is 0.0526. The number of nitrogens with one attached hydrogen (secondary N) is 1. The van der Waals surface area contributed by atoms with E-state index < -0.39 is 0 Å². The first-order valence-corrected chi connectivity index (χ1v) is 10.2. The molecular weight excluding hydrogens is 392 g/mol. The van der Waals surface area contributed by atoms with E-state index in [1.165, 1.54) is 11.3 Å². The Morgan fingerprint density at radius 2 is 1.62 bits per heavy atom. The largest absolute Gasteiger partial charge is 0.494 e. The van der Waals surface area contributed by atoms with E-state index in [1.54, 1.807) is 43.3 Å². The number of carbonyl (C=O) groups is 2. The molecule has 7 nitrogen and oxygen atoms in total. The van der Waals surface area contributed by atoms with Crippen LogP contribution < -0.4 is 14.8 Å². The summed E-state index contributed by atoms with van der Waals surface area (Å²) in [4.78, 5) is 29.0. The van der Waals surface area contributed by atoms with Crippen molar-refractivity contribution in [2.75, 3.05) is 25.1 Å². The second kappa shape index (κ2) is 9.38. The third-order valence-corrected chi connectivity index (χ3v) is 4.82. The second-order valence-corrected chi connectivity index (χ2v) is 6.97. The third kappa shape index (κ3) is 5.03. The number of hydrogen-bond donors (Lipinski definition) is 1. The van der Waals surface area contributed by atoms with Gasteiger partial charge in [0.1, 0.15) is 11.5 Å². The van der Waals surface area contributed by atoms with E-state index in [2.05, 4.69) is 10.3 Å². The molecule has 0 spiro atoms. The van der Waals surface area contributed by atoms with Gasteiger partial charge in [-0.15, -0.1) is 0 Å². The summed E-state index contributed by atoms with van der Waals surface area (Å²) in [7, 11) is 0. The summed E-state index contributed by atoms with van der Waals surface area (Å²) in [6, 6.07) is 10.2. The number of carbonyl (C=O) groups excluding carboxylic acids is 2. The average Bonchev–Trinajstić information content (AvgIpc) is 3.10. The summed E-state index contributed by atoms with van der Waals surface area (Å²) in [5, 5.41) is 3.24. The fraction of sp³-hybridized carbons (Fsp3) is 0.286. The van der Waals surface area contributed by atoms with Crippen LogP contribution in [0.25, 0.3) is 10.2 Å². The molecule has 3 aromatic rings. The zero-order valence-electron chi connectivity index (χ0n) is 16.5. The molecule has 0 aliphatic heterocycles. The smallest absolute Gasteiger partial charge is 0.338 e. The normalized spacial score (nSPS) is 10.6. The van der Waals surface area contributed by atoms with Crippen LogP contribution in [-0.2, 0) is 4.74 Å². The van der Waals surface area contributed by atoms with Crippen molar-refractivity contribution in [3.8, 4) is 11.5 Å². The summed E-state index contributed by atoms with van der Waals surface area (Å²) in [6.45, 7) is 6.78. The number of ether oxygens (including phenoxy) is 3.